The number of ether oxygens (including phenoxy) is 1. The van der Waals surface area contributed by atoms with Gasteiger partial charge in [0.25, 0.3) is 0 Å². The Labute approximate surface area is 133 Å². The Balaban J connectivity index is 2.33. The number of aliphatic hydroxyl groups is 1. The average molecular weight is 317 g/mol. The first-order chi connectivity index (χ1) is 9.79. The van der Waals surface area contributed by atoms with Crippen LogP contribution in [0.25, 0.3) is 0 Å². The number of carbonyl (C=O) groups is 1. The molecule has 0 radical (unpaired) electrons. The summed E-state index contributed by atoms with van der Waals surface area (Å²) in [6, 6.07) is 0. The van der Waals surface area contributed by atoms with E-state index in [4.69, 9.17) is 9.84 Å². The zero-order valence-corrected chi connectivity index (χ0v) is 14.8. The lowest BCUT2D eigenvalue weighted by atomic mass is 9.80. The summed E-state index contributed by atoms with van der Waals surface area (Å²) in [5.41, 5.74) is 0.364. The molecule has 0 unspecified atom stereocenters. The van der Waals surface area contributed by atoms with Crippen LogP contribution in [-0.4, -0.2) is 51.9 Å². The van der Waals surface area contributed by atoms with Gasteiger partial charge in [0.05, 0.1) is 6.61 Å². The van der Waals surface area contributed by atoms with Crippen molar-refractivity contribution >= 4 is 16.9 Å². The normalized spacial score (nSPS) is 21.4. The Morgan fingerprint density at radius 3 is 2.43 bits per heavy atom. The van der Waals surface area contributed by atoms with Crippen LogP contribution < -0.4 is 0 Å². The summed E-state index contributed by atoms with van der Waals surface area (Å²) in [7, 11) is 0. The Morgan fingerprint density at radius 2 is 1.86 bits per heavy atom. The van der Waals surface area contributed by atoms with Crippen molar-refractivity contribution in [2.24, 2.45) is 0 Å². The van der Waals surface area contributed by atoms with E-state index >= 15 is 0 Å². The minimum absolute atomic E-state index is 0.182. The average Bonchev–Trinajstić information content (AvgIpc) is 2.36. The first-order valence-corrected chi connectivity index (χ1v) is 8.90. The van der Waals surface area contributed by atoms with Crippen molar-refractivity contribution < 1.29 is 14.6 Å². The highest BCUT2D eigenvalue weighted by molar-refractivity contribution is 8.13. The van der Waals surface area contributed by atoms with Crippen LogP contribution in [0.2, 0.25) is 0 Å². The fourth-order valence-corrected chi connectivity index (χ4v) is 4.06. The molecule has 0 atom stereocenters. The van der Waals surface area contributed by atoms with Crippen molar-refractivity contribution in [1.82, 2.24) is 4.90 Å². The molecule has 0 aromatic carbocycles. The van der Waals surface area contributed by atoms with E-state index in [0.717, 1.165) is 18.7 Å². The lowest BCUT2D eigenvalue weighted by molar-refractivity contribution is -0.112. The molecule has 0 amide bonds. The maximum absolute atomic E-state index is 12.0. The maximum Gasteiger partial charge on any atom is 0.190 e. The number of rotatable bonds is 8. The summed E-state index contributed by atoms with van der Waals surface area (Å²) in [5.74, 6) is 0.769. The van der Waals surface area contributed by atoms with Gasteiger partial charge in [-0.3, -0.25) is 9.69 Å². The number of aliphatic hydroxyl groups excluding tert-OH is 1. The van der Waals surface area contributed by atoms with Crippen molar-refractivity contribution in [1.29, 1.82) is 0 Å². The van der Waals surface area contributed by atoms with E-state index in [0.29, 0.717) is 13.0 Å². The van der Waals surface area contributed by atoms with E-state index in [2.05, 4.69) is 32.6 Å². The quantitative estimate of drug-likeness (QED) is 0.551. The molecule has 1 rings (SSSR count). The van der Waals surface area contributed by atoms with Gasteiger partial charge in [-0.1, -0.05) is 11.8 Å². The van der Waals surface area contributed by atoms with Gasteiger partial charge in [0.2, 0.25) is 0 Å². The highest BCUT2D eigenvalue weighted by atomic mass is 32.2. The third-order valence-corrected chi connectivity index (χ3v) is 5.38. The second-order valence-corrected chi connectivity index (χ2v) is 8.14. The second-order valence-electron chi connectivity index (χ2n) is 6.99. The Hall–Kier alpha value is -0.100. The van der Waals surface area contributed by atoms with Crippen molar-refractivity contribution in [3.05, 3.63) is 0 Å². The minimum Gasteiger partial charge on any atom is -0.371 e. The topological polar surface area (TPSA) is 49.8 Å². The highest BCUT2D eigenvalue weighted by Crippen LogP contribution is 2.38. The number of nitrogens with zero attached hydrogens (tertiary/aromatic N) is 1. The van der Waals surface area contributed by atoms with Crippen LogP contribution in [0.1, 0.15) is 59.8 Å². The van der Waals surface area contributed by atoms with Crippen LogP contribution in [0, 0.1) is 0 Å². The van der Waals surface area contributed by atoms with Gasteiger partial charge in [-0.25, -0.2) is 0 Å². The summed E-state index contributed by atoms with van der Waals surface area (Å²) in [6.07, 6.45) is 5.09. The van der Waals surface area contributed by atoms with E-state index in [-0.39, 0.29) is 23.0 Å². The first-order valence-electron chi connectivity index (χ1n) is 7.91. The van der Waals surface area contributed by atoms with Gasteiger partial charge in [-0.2, -0.15) is 0 Å². The van der Waals surface area contributed by atoms with E-state index < -0.39 is 0 Å². The standard InChI is InChI=1S/C16H31NO3S/c1-15(2)8-5-9-16(3,4)17(15)10-7-14(19)21-12-6-11-20-13-18/h18H,5-13H2,1-4H3. The van der Waals surface area contributed by atoms with Crippen molar-refractivity contribution in [2.75, 3.05) is 25.7 Å². The summed E-state index contributed by atoms with van der Waals surface area (Å²) in [5, 5.41) is 8.76. The van der Waals surface area contributed by atoms with E-state index in [9.17, 15) is 4.79 Å². The third-order valence-electron chi connectivity index (χ3n) is 4.37. The molecule has 1 heterocycles. The SMILES string of the molecule is CC1(C)CCCC(C)(C)N1CCC(=O)SCCCOCO. The molecule has 1 saturated heterocycles. The molecule has 21 heavy (non-hydrogen) atoms. The van der Waals surface area contributed by atoms with Gasteiger partial charge in [0.1, 0.15) is 6.79 Å². The van der Waals surface area contributed by atoms with Crippen molar-refractivity contribution in [3.63, 3.8) is 0 Å². The van der Waals surface area contributed by atoms with Gasteiger partial charge in [-0.05, 0) is 53.4 Å². The van der Waals surface area contributed by atoms with Crippen LogP contribution in [0.3, 0.4) is 0 Å². The fraction of sp³-hybridized carbons (Fsp3) is 0.938. The lowest BCUT2D eigenvalue weighted by Gasteiger charge is -2.53. The molecule has 0 aliphatic carbocycles. The zero-order chi connectivity index (χ0) is 15.9. The van der Waals surface area contributed by atoms with Crippen LogP contribution >= 0.6 is 11.8 Å². The number of hydrogen-bond acceptors (Lipinski definition) is 5. The van der Waals surface area contributed by atoms with Crippen LogP contribution in [0.5, 0.6) is 0 Å². The number of hydrogen-bond donors (Lipinski definition) is 1. The third kappa shape index (κ3) is 6.27. The summed E-state index contributed by atoms with van der Waals surface area (Å²) >= 11 is 1.39. The van der Waals surface area contributed by atoms with Gasteiger partial charge in [-0.15, -0.1) is 0 Å². The van der Waals surface area contributed by atoms with Gasteiger partial charge in [0, 0.05) is 29.8 Å². The summed E-state index contributed by atoms with van der Waals surface area (Å²) in [6.45, 7) is 10.3. The summed E-state index contributed by atoms with van der Waals surface area (Å²) in [4.78, 5) is 14.5. The molecular weight excluding hydrogens is 286 g/mol. The molecule has 5 heteroatoms. The molecule has 0 bridgehead atoms. The Morgan fingerprint density at radius 1 is 1.24 bits per heavy atom. The molecule has 0 aromatic rings. The Kier molecular flexibility index (Phi) is 7.68. The monoisotopic (exact) mass is 317 g/mol. The number of carbonyl (C=O) groups excluding carboxylic acids is 1. The molecule has 1 aliphatic rings. The fourth-order valence-electron chi connectivity index (χ4n) is 3.33. The first kappa shape index (κ1) is 18.9. The molecule has 4 nitrogen and oxygen atoms in total. The second kappa shape index (κ2) is 8.51. The van der Waals surface area contributed by atoms with Gasteiger partial charge >= 0.3 is 0 Å². The Bertz CT molecular complexity index is 315. The largest absolute Gasteiger partial charge is 0.371 e. The zero-order valence-electron chi connectivity index (χ0n) is 14.0. The van der Waals surface area contributed by atoms with E-state index in [1.807, 2.05) is 0 Å². The molecule has 0 saturated carbocycles. The molecule has 1 aliphatic heterocycles. The van der Waals surface area contributed by atoms with E-state index in [1.54, 1.807) is 0 Å². The van der Waals surface area contributed by atoms with Gasteiger partial charge < -0.3 is 9.84 Å². The number of thioether (sulfide) groups is 1. The predicted octanol–water partition coefficient (Wildman–Crippen LogP) is 3.04. The van der Waals surface area contributed by atoms with Gasteiger partial charge in [0.15, 0.2) is 5.12 Å². The van der Waals surface area contributed by atoms with Crippen molar-refractivity contribution in [3.8, 4) is 0 Å². The molecular formula is C16H31NO3S. The predicted molar refractivity (Wildman–Crippen MR) is 88.5 cm³/mol. The number of likely N-dealkylation sites (tertiary alicyclic amines) is 1. The minimum atomic E-state index is -0.238. The number of piperidine rings is 1. The molecule has 1 N–H and O–H groups in total. The highest BCUT2D eigenvalue weighted by Gasteiger charge is 2.40. The molecule has 0 spiro atoms. The van der Waals surface area contributed by atoms with Crippen LogP contribution in [-0.2, 0) is 9.53 Å². The smallest absolute Gasteiger partial charge is 0.190 e. The summed E-state index contributed by atoms with van der Waals surface area (Å²) < 4.78 is 4.85. The van der Waals surface area contributed by atoms with Crippen LogP contribution in [0.4, 0.5) is 0 Å². The van der Waals surface area contributed by atoms with E-state index in [1.165, 1.54) is 31.0 Å². The molecule has 124 valence electrons. The molecule has 0 aromatic heterocycles. The lowest BCUT2D eigenvalue weighted by Crippen LogP contribution is -2.58. The van der Waals surface area contributed by atoms with Crippen molar-refractivity contribution in [2.45, 2.75) is 70.9 Å². The maximum atomic E-state index is 12.0. The van der Waals surface area contributed by atoms with Crippen LogP contribution in [0.15, 0.2) is 0 Å². The molecule has 1 fully saturated rings.